The second kappa shape index (κ2) is 5.95. The van der Waals surface area contributed by atoms with E-state index in [1.807, 2.05) is 0 Å². The molecule has 0 aromatic rings. The quantitative estimate of drug-likeness (QED) is 0.697. The van der Waals surface area contributed by atoms with Gasteiger partial charge in [-0.25, -0.2) is 0 Å². The van der Waals surface area contributed by atoms with E-state index in [2.05, 4.69) is 34.6 Å². The lowest BCUT2D eigenvalue weighted by molar-refractivity contribution is -0.120. The van der Waals surface area contributed by atoms with Gasteiger partial charge in [0.15, 0.2) is 0 Å². The van der Waals surface area contributed by atoms with E-state index in [0.717, 1.165) is 44.9 Å². The molecule has 0 aromatic heterocycles. The van der Waals surface area contributed by atoms with E-state index < -0.39 is 5.60 Å². The summed E-state index contributed by atoms with van der Waals surface area (Å²) in [6.45, 7) is 10.7. The third-order valence-electron chi connectivity index (χ3n) is 6.28. The zero-order valence-electron chi connectivity index (χ0n) is 13.5. The molecule has 1 unspecified atom stereocenters. The summed E-state index contributed by atoms with van der Waals surface area (Å²) in [6.07, 6.45) is 8.11. The van der Waals surface area contributed by atoms with Gasteiger partial charge >= 0.3 is 0 Å². The normalized spacial score (nSPS) is 30.5. The summed E-state index contributed by atoms with van der Waals surface area (Å²) >= 11 is 0. The van der Waals surface area contributed by atoms with E-state index in [4.69, 9.17) is 0 Å². The van der Waals surface area contributed by atoms with E-state index in [-0.39, 0.29) is 10.8 Å². The maximum atomic E-state index is 11.4. The van der Waals surface area contributed by atoms with E-state index >= 15 is 0 Å². The molecule has 1 aliphatic rings. The molecule has 0 spiro atoms. The highest BCUT2D eigenvalue weighted by molar-refractivity contribution is 5.61. The maximum Gasteiger partial charge on any atom is 0.126 e. The molecule has 2 nitrogen and oxygen atoms in total. The average molecular weight is 268 g/mol. The fraction of sp³-hybridized carbons (Fsp3) is 0.941. The lowest BCUT2D eigenvalue weighted by Crippen LogP contribution is -2.35. The van der Waals surface area contributed by atoms with Crippen molar-refractivity contribution in [1.82, 2.24) is 0 Å². The van der Waals surface area contributed by atoms with Crippen LogP contribution in [0.15, 0.2) is 0 Å². The van der Waals surface area contributed by atoms with Crippen molar-refractivity contribution >= 4 is 6.29 Å². The predicted octanol–water partition coefficient (Wildman–Crippen LogP) is 4.35. The highest BCUT2D eigenvalue weighted by atomic mass is 16.3. The molecule has 1 aliphatic carbocycles. The number of carbonyl (C=O) groups is 1. The third-order valence-corrected chi connectivity index (χ3v) is 6.28. The second-order valence-corrected chi connectivity index (χ2v) is 7.32. The van der Waals surface area contributed by atoms with Crippen LogP contribution in [0, 0.1) is 16.7 Å². The third kappa shape index (κ3) is 3.21. The molecular weight excluding hydrogens is 236 g/mol. The van der Waals surface area contributed by atoms with Crippen molar-refractivity contribution in [2.24, 2.45) is 16.7 Å². The molecule has 1 saturated carbocycles. The summed E-state index contributed by atoms with van der Waals surface area (Å²) in [5.41, 5.74) is -0.550. The van der Waals surface area contributed by atoms with Crippen LogP contribution in [-0.2, 0) is 4.79 Å². The Balaban J connectivity index is 2.54. The Morgan fingerprint density at radius 2 is 1.84 bits per heavy atom. The number of aldehydes is 1. The predicted molar refractivity (Wildman–Crippen MR) is 80.1 cm³/mol. The Bertz CT molecular complexity index is 304. The van der Waals surface area contributed by atoms with E-state index in [0.29, 0.717) is 5.92 Å². The monoisotopic (exact) mass is 268 g/mol. The van der Waals surface area contributed by atoms with Crippen molar-refractivity contribution in [3.8, 4) is 0 Å². The molecule has 1 rings (SSSR count). The molecule has 0 aliphatic heterocycles. The van der Waals surface area contributed by atoms with Crippen LogP contribution in [0.4, 0.5) is 0 Å². The second-order valence-electron chi connectivity index (χ2n) is 7.32. The number of hydrogen-bond donors (Lipinski definition) is 1. The molecule has 0 aromatic carbocycles. The van der Waals surface area contributed by atoms with Crippen molar-refractivity contribution in [3.63, 3.8) is 0 Å². The van der Waals surface area contributed by atoms with Crippen LogP contribution in [0.1, 0.15) is 79.6 Å². The van der Waals surface area contributed by atoms with E-state index in [9.17, 15) is 9.90 Å². The molecule has 0 saturated heterocycles. The highest BCUT2D eigenvalue weighted by Crippen LogP contribution is 2.56. The largest absolute Gasteiger partial charge is 0.390 e. The van der Waals surface area contributed by atoms with Gasteiger partial charge in [-0.3, -0.25) is 0 Å². The summed E-state index contributed by atoms with van der Waals surface area (Å²) in [6, 6.07) is 0. The van der Waals surface area contributed by atoms with Gasteiger partial charge in [-0.15, -0.1) is 0 Å². The van der Waals surface area contributed by atoms with Crippen molar-refractivity contribution in [3.05, 3.63) is 0 Å². The van der Waals surface area contributed by atoms with E-state index in [1.54, 1.807) is 0 Å². The Labute approximate surface area is 119 Å². The minimum absolute atomic E-state index is 0.0886. The van der Waals surface area contributed by atoms with Crippen molar-refractivity contribution in [1.29, 1.82) is 0 Å². The number of aliphatic hydroxyl groups is 1. The molecule has 2 heteroatoms. The van der Waals surface area contributed by atoms with Gasteiger partial charge in [0.2, 0.25) is 0 Å². The minimum Gasteiger partial charge on any atom is -0.390 e. The molecule has 2 atom stereocenters. The molecule has 1 fully saturated rings. The fourth-order valence-corrected chi connectivity index (χ4v) is 3.62. The van der Waals surface area contributed by atoms with Crippen LogP contribution in [0.2, 0.25) is 0 Å². The van der Waals surface area contributed by atoms with Crippen LogP contribution in [-0.4, -0.2) is 17.0 Å². The summed E-state index contributed by atoms with van der Waals surface area (Å²) in [4.78, 5) is 11.4. The smallest absolute Gasteiger partial charge is 0.126 e. The molecular formula is C17H32O2. The number of carbonyl (C=O) groups excluding carboxylic acids is 1. The van der Waals surface area contributed by atoms with Crippen LogP contribution in [0.5, 0.6) is 0 Å². The van der Waals surface area contributed by atoms with Gasteiger partial charge in [0.05, 0.1) is 5.60 Å². The molecule has 1 N–H and O–H groups in total. The highest BCUT2D eigenvalue weighted by Gasteiger charge is 2.50. The molecule has 0 amide bonds. The standard InChI is InChI=1S/C17H32O2/c1-6-17(19,7-2)11-8-9-14-10-12-16(5,13-18)15(14,3)4/h13-14,19H,6-12H2,1-5H3/t14-,16?/m1/s1. The first-order valence-corrected chi connectivity index (χ1v) is 7.93. The molecule has 0 heterocycles. The SMILES string of the molecule is CCC(O)(CC)CCC[C@@H]1CCC(C)(C=O)C1(C)C. The summed E-state index contributed by atoms with van der Waals surface area (Å²) in [5, 5.41) is 10.3. The van der Waals surface area contributed by atoms with Gasteiger partial charge in [0.1, 0.15) is 6.29 Å². The van der Waals surface area contributed by atoms with Crippen LogP contribution in [0.25, 0.3) is 0 Å². The molecule has 19 heavy (non-hydrogen) atoms. The van der Waals surface area contributed by atoms with Gasteiger partial charge in [0, 0.05) is 5.41 Å². The van der Waals surface area contributed by atoms with Crippen molar-refractivity contribution < 1.29 is 9.90 Å². The van der Waals surface area contributed by atoms with Crippen LogP contribution >= 0.6 is 0 Å². The minimum atomic E-state index is -0.475. The van der Waals surface area contributed by atoms with E-state index in [1.165, 1.54) is 6.29 Å². The van der Waals surface area contributed by atoms with Crippen molar-refractivity contribution in [2.75, 3.05) is 0 Å². The van der Waals surface area contributed by atoms with Gasteiger partial charge in [0.25, 0.3) is 0 Å². The van der Waals surface area contributed by atoms with Gasteiger partial charge in [-0.1, -0.05) is 41.0 Å². The van der Waals surface area contributed by atoms with Gasteiger partial charge in [-0.2, -0.15) is 0 Å². The lowest BCUT2D eigenvalue weighted by atomic mass is 9.65. The Kier molecular flexibility index (Phi) is 5.22. The topological polar surface area (TPSA) is 37.3 Å². The Morgan fingerprint density at radius 3 is 2.26 bits per heavy atom. The summed E-state index contributed by atoms with van der Waals surface area (Å²) < 4.78 is 0. The zero-order chi connectivity index (χ0) is 14.7. The first-order chi connectivity index (χ1) is 8.74. The average Bonchev–Trinajstić information content (AvgIpc) is 2.62. The van der Waals surface area contributed by atoms with Crippen LogP contribution < -0.4 is 0 Å². The van der Waals surface area contributed by atoms with Gasteiger partial charge in [-0.05, 0) is 49.9 Å². The van der Waals surface area contributed by atoms with Crippen molar-refractivity contribution in [2.45, 2.75) is 85.2 Å². The fourth-order valence-electron chi connectivity index (χ4n) is 3.62. The summed E-state index contributed by atoms with van der Waals surface area (Å²) in [7, 11) is 0. The van der Waals surface area contributed by atoms with Gasteiger partial charge < -0.3 is 9.90 Å². The van der Waals surface area contributed by atoms with Crippen LogP contribution in [0.3, 0.4) is 0 Å². The maximum absolute atomic E-state index is 11.4. The summed E-state index contributed by atoms with van der Waals surface area (Å²) in [5.74, 6) is 0.612. The number of hydrogen-bond acceptors (Lipinski definition) is 2. The first kappa shape index (κ1) is 16.7. The zero-order valence-corrected chi connectivity index (χ0v) is 13.5. The Hall–Kier alpha value is -0.370. The first-order valence-electron chi connectivity index (χ1n) is 7.93. The molecule has 112 valence electrons. The molecule has 0 bridgehead atoms. The number of rotatable bonds is 7. The Morgan fingerprint density at radius 1 is 1.26 bits per heavy atom. The molecule has 0 radical (unpaired) electrons. The lowest BCUT2D eigenvalue weighted by Gasteiger charge is -2.38.